The molecule has 3 N–H and O–H groups in total. The fourth-order valence-electron chi connectivity index (χ4n) is 1.63. The van der Waals surface area contributed by atoms with E-state index >= 15 is 0 Å². The Hall–Kier alpha value is -1.88. The predicted molar refractivity (Wildman–Crippen MR) is 75.1 cm³/mol. The number of nitrogens with two attached hydrogens (primary N) is 1. The molecule has 0 unspecified atom stereocenters. The van der Waals surface area contributed by atoms with E-state index in [1.54, 1.807) is 18.2 Å². The Morgan fingerprint density at radius 2 is 2.06 bits per heavy atom. The summed E-state index contributed by atoms with van der Waals surface area (Å²) in [6, 6.07) is 5.24. The lowest BCUT2D eigenvalue weighted by atomic mass is 10.1. The molecule has 94 valence electrons. The first kappa shape index (κ1) is 12.6. The number of carbonyl (C=O) groups is 1. The number of carbonyl (C=O) groups excluding carboxylic acids is 1. The molecule has 1 aromatic carbocycles. The average molecular weight is 261 g/mol. The Morgan fingerprint density at radius 3 is 2.61 bits per heavy atom. The van der Waals surface area contributed by atoms with E-state index in [0.29, 0.717) is 16.4 Å². The predicted octanol–water partition coefficient (Wildman–Crippen LogP) is 2.90. The van der Waals surface area contributed by atoms with E-state index in [1.165, 1.54) is 11.3 Å². The molecule has 2 rings (SSSR count). The van der Waals surface area contributed by atoms with E-state index in [9.17, 15) is 4.79 Å². The molecule has 0 aliphatic rings. The van der Waals surface area contributed by atoms with Gasteiger partial charge in [0.05, 0.1) is 5.69 Å². The number of aryl methyl sites for hydroxylation is 3. The van der Waals surface area contributed by atoms with Crippen LogP contribution in [0.5, 0.6) is 0 Å². The Morgan fingerprint density at radius 1 is 1.33 bits per heavy atom. The molecule has 0 saturated heterocycles. The van der Waals surface area contributed by atoms with Crippen LogP contribution in [0.15, 0.2) is 18.2 Å². The van der Waals surface area contributed by atoms with Crippen molar-refractivity contribution in [1.82, 2.24) is 4.98 Å². The molecule has 0 atom stereocenters. The van der Waals surface area contributed by atoms with Gasteiger partial charge in [0.1, 0.15) is 0 Å². The highest BCUT2D eigenvalue weighted by Crippen LogP contribution is 2.22. The van der Waals surface area contributed by atoms with Gasteiger partial charge in [-0.3, -0.25) is 10.1 Å². The summed E-state index contributed by atoms with van der Waals surface area (Å²) in [4.78, 5) is 17.5. The van der Waals surface area contributed by atoms with Gasteiger partial charge in [0.25, 0.3) is 5.91 Å². The van der Waals surface area contributed by atoms with Crippen molar-refractivity contribution in [2.24, 2.45) is 0 Å². The minimum atomic E-state index is -0.152. The van der Waals surface area contributed by atoms with Crippen molar-refractivity contribution in [2.45, 2.75) is 20.8 Å². The van der Waals surface area contributed by atoms with Crippen LogP contribution in [0.2, 0.25) is 0 Å². The van der Waals surface area contributed by atoms with Crippen LogP contribution in [0, 0.1) is 20.8 Å². The topological polar surface area (TPSA) is 68.0 Å². The van der Waals surface area contributed by atoms with Crippen LogP contribution in [-0.4, -0.2) is 10.9 Å². The van der Waals surface area contributed by atoms with E-state index < -0.39 is 0 Å². The van der Waals surface area contributed by atoms with E-state index in [-0.39, 0.29) is 5.91 Å². The Bertz CT molecular complexity index is 585. The molecule has 0 radical (unpaired) electrons. The smallest absolute Gasteiger partial charge is 0.257 e. The molecule has 0 spiro atoms. The highest BCUT2D eigenvalue weighted by atomic mass is 32.1. The second kappa shape index (κ2) is 4.78. The van der Waals surface area contributed by atoms with Gasteiger partial charge in [-0.1, -0.05) is 0 Å². The standard InChI is InChI=1S/C13H15N3OS/c1-7-6-10(14)4-5-11(7)12(17)16-13-15-8(2)9(3)18-13/h4-6H,14H2,1-3H3,(H,15,16,17). The van der Waals surface area contributed by atoms with Gasteiger partial charge in [0.15, 0.2) is 5.13 Å². The summed E-state index contributed by atoms with van der Waals surface area (Å²) in [5.74, 6) is -0.152. The van der Waals surface area contributed by atoms with Crippen molar-refractivity contribution >= 4 is 28.1 Å². The number of hydrogen-bond donors (Lipinski definition) is 2. The zero-order valence-corrected chi connectivity index (χ0v) is 11.4. The lowest BCUT2D eigenvalue weighted by Gasteiger charge is -2.05. The Labute approximate surface area is 110 Å². The molecule has 18 heavy (non-hydrogen) atoms. The molecule has 4 nitrogen and oxygen atoms in total. The van der Waals surface area contributed by atoms with Gasteiger partial charge in [-0.25, -0.2) is 4.98 Å². The van der Waals surface area contributed by atoms with Gasteiger partial charge < -0.3 is 5.73 Å². The highest BCUT2D eigenvalue weighted by Gasteiger charge is 2.12. The van der Waals surface area contributed by atoms with Crippen LogP contribution in [0.3, 0.4) is 0 Å². The van der Waals surface area contributed by atoms with Crippen molar-refractivity contribution in [1.29, 1.82) is 0 Å². The molecule has 1 amide bonds. The number of nitrogen functional groups attached to an aromatic ring is 1. The minimum absolute atomic E-state index is 0.152. The third-order valence-electron chi connectivity index (χ3n) is 2.74. The summed E-state index contributed by atoms with van der Waals surface area (Å²) in [6.45, 7) is 5.77. The van der Waals surface area contributed by atoms with Crippen molar-refractivity contribution in [2.75, 3.05) is 11.1 Å². The summed E-state index contributed by atoms with van der Waals surface area (Å²) in [7, 11) is 0. The molecule has 0 saturated carbocycles. The Kier molecular flexibility index (Phi) is 3.34. The van der Waals surface area contributed by atoms with Crippen molar-refractivity contribution in [3.05, 3.63) is 39.9 Å². The summed E-state index contributed by atoms with van der Waals surface area (Å²) in [6.07, 6.45) is 0. The molecule has 1 heterocycles. The molecule has 0 bridgehead atoms. The maximum atomic E-state index is 12.1. The van der Waals surface area contributed by atoms with Gasteiger partial charge in [-0.15, -0.1) is 11.3 Å². The zero-order chi connectivity index (χ0) is 13.3. The lowest BCUT2D eigenvalue weighted by Crippen LogP contribution is -2.13. The number of anilines is 2. The molecular weight excluding hydrogens is 246 g/mol. The normalized spacial score (nSPS) is 10.4. The fraction of sp³-hybridized carbons (Fsp3) is 0.231. The minimum Gasteiger partial charge on any atom is -0.399 e. The number of thiazole rings is 1. The van der Waals surface area contributed by atoms with Crippen LogP contribution < -0.4 is 11.1 Å². The largest absolute Gasteiger partial charge is 0.399 e. The quantitative estimate of drug-likeness (QED) is 0.817. The van der Waals surface area contributed by atoms with E-state index in [1.807, 2.05) is 20.8 Å². The van der Waals surface area contributed by atoms with Crippen LogP contribution in [0.25, 0.3) is 0 Å². The van der Waals surface area contributed by atoms with Crippen molar-refractivity contribution in [3.63, 3.8) is 0 Å². The average Bonchev–Trinajstić information content (AvgIpc) is 2.57. The third kappa shape index (κ3) is 2.51. The second-order valence-corrected chi connectivity index (χ2v) is 5.39. The monoisotopic (exact) mass is 261 g/mol. The van der Waals surface area contributed by atoms with Crippen molar-refractivity contribution < 1.29 is 4.79 Å². The van der Waals surface area contributed by atoms with Crippen LogP contribution >= 0.6 is 11.3 Å². The second-order valence-electron chi connectivity index (χ2n) is 4.19. The summed E-state index contributed by atoms with van der Waals surface area (Å²) in [5, 5.41) is 3.44. The third-order valence-corrected chi connectivity index (χ3v) is 3.73. The maximum absolute atomic E-state index is 12.1. The molecule has 1 aromatic heterocycles. The molecule has 0 fully saturated rings. The molecule has 0 aliphatic carbocycles. The number of hydrogen-bond acceptors (Lipinski definition) is 4. The van der Waals surface area contributed by atoms with Gasteiger partial charge in [-0.05, 0) is 44.5 Å². The number of nitrogens with zero attached hydrogens (tertiary/aromatic N) is 1. The van der Waals surface area contributed by atoms with E-state index in [0.717, 1.165) is 16.1 Å². The number of rotatable bonds is 2. The number of nitrogens with one attached hydrogen (secondary N) is 1. The van der Waals surface area contributed by atoms with Crippen LogP contribution in [0.1, 0.15) is 26.5 Å². The lowest BCUT2D eigenvalue weighted by molar-refractivity contribution is 0.102. The maximum Gasteiger partial charge on any atom is 0.257 e. The zero-order valence-electron chi connectivity index (χ0n) is 10.6. The highest BCUT2D eigenvalue weighted by molar-refractivity contribution is 7.15. The van der Waals surface area contributed by atoms with Gasteiger partial charge in [0.2, 0.25) is 0 Å². The molecule has 0 aliphatic heterocycles. The van der Waals surface area contributed by atoms with Gasteiger partial charge in [-0.2, -0.15) is 0 Å². The number of amides is 1. The first-order chi connectivity index (χ1) is 8.47. The molecule has 5 heteroatoms. The van der Waals surface area contributed by atoms with Gasteiger partial charge in [0, 0.05) is 16.1 Å². The first-order valence-electron chi connectivity index (χ1n) is 5.59. The summed E-state index contributed by atoms with van der Waals surface area (Å²) >= 11 is 1.48. The fourth-order valence-corrected chi connectivity index (χ4v) is 2.44. The number of aromatic nitrogens is 1. The summed E-state index contributed by atoms with van der Waals surface area (Å²) < 4.78 is 0. The van der Waals surface area contributed by atoms with Crippen LogP contribution in [0.4, 0.5) is 10.8 Å². The van der Waals surface area contributed by atoms with Crippen LogP contribution in [-0.2, 0) is 0 Å². The SMILES string of the molecule is Cc1cc(N)ccc1C(=O)Nc1nc(C)c(C)s1. The first-order valence-corrected chi connectivity index (χ1v) is 6.40. The molecule has 2 aromatic rings. The van der Waals surface area contributed by atoms with E-state index in [4.69, 9.17) is 5.73 Å². The van der Waals surface area contributed by atoms with E-state index in [2.05, 4.69) is 10.3 Å². The number of benzene rings is 1. The van der Waals surface area contributed by atoms with Gasteiger partial charge >= 0.3 is 0 Å². The summed E-state index contributed by atoms with van der Waals surface area (Å²) in [5.41, 5.74) is 8.75. The molecular formula is C13H15N3OS. The van der Waals surface area contributed by atoms with Crippen molar-refractivity contribution in [3.8, 4) is 0 Å². The Balaban J connectivity index is 2.22.